The molecule has 1 aromatic rings. The first-order valence-corrected chi connectivity index (χ1v) is 4.70. The third-order valence-electron chi connectivity index (χ3n) is 2.46. The molecule has 5 heteroatoms. The van der Waals surface area contributed by atoms with Crippen LogP contribution in [-0.2, 0) is 12.8 Å². The summed E-state index contributed by atoms with van der Waals surface area (Å²) in [6.45, 7) is -0.269. The quantitative estimate of drug-likeness (QED) is 0.431. The van der Waals surface area contributed by atoms with Gasteiger partial charge in [-0.2, -0.15) is 0 Å². The van der Waals surface area contributed by atoms with E-state index in [0.29, 0.717) is 11.1 Å². The van der Waals surface area contributed by atoms with Crippen molar-refractivity contribution in [2.45, 2.75) is 12.8 Å². The summed E-state index contributed by atoms with van der Waals surface area (Å²) in [6.07, 6.45) is 0.455. The summed E-state index contributed by atoms with van der Waals surface area (Å²) in [4.78, 5) is 0. The number of ether oxygens (including phenoxy) is 1. The van der Waals surface area contributed by atoms with Gasteiger partial charge in [0.05, 0.1) is 0 Å². The molecule has 0 bridgehead atoms. The highest BCUT2D eigenvalue weighted by molar-refractivity contribution is 5.74. The van der Waals surface area contributed by atoms with E-state index in [9.17, 15) is 10.2 Å². The van der Waals surface area contributed by atoms with E-state index in [0.717, 1.165) is 0 Å². The van der Waals surface area contributed by atoms with Crippen LogP contribution in [0, 0.1) is 0 Å². The Kier molecular flexibility index (Phi) is 2.42. The predicted molar refractivity (Wildman–Crippen MR) is 51.4 cm³/mol. The van der Waals surface area contributed by atoms with Gasteiger partial charge < -0.3 is 25.2 Å². The van der Waals surface area contributed by atoms with Crippen LogP contribution >= 0.6 is 0 Å². The second-order valence-electron chi connectivity index (χ2n) is 3.36. The van der Waals surface area contributed by atoms with E-state index in [1.165, 1.54) is 0 Å². The van der Waals surface area contributed by atoms with Crippen molar-refractivity contribution in [3.8, 4) is 23.0 Å². The number of aliphatic hydroxyl groups is 2. The molecule has 0 amide bonds. The molecule has 0 saturated carbocycles. The molecule has 0 aliphatic carbocycles. The van der Waals surface area contributed by atoms with Gasteiger partial charge in [0.25, 0.3) is 0 Å². The lowest BCUT2D eigenvalue weighted by Crippen LogP contribution is -2.00. The topological polar surface area (TPSA) is 93.5 Å². The third-order valence-corrected chi connectivity index (χ3v) is 2.46. The fourth-order valence-electron chi connectivity index (χ4n) is 1.71. The normalized spacial score (nSPS) is 12.1. The lowest BCUT2D eigenvalue weighted by atomic mass is 10.00. The molecule has 0 atom stereocenters. The van der Waals surface area contributed by atoms with E-state index >= 15 is 0 Å². The maximum Gasteiger partial charge on any atom is 0.216 e. The zero-order chi connectivity index (χ0) is 11.0. The molecule has 1 aliphatic rings. The first-order valence-electron chi connectivity index (χ1n) is 4.70. The Morgan fingerprint density at radius 2 is 1.20 bits per heavy atom. The number of phenolic OH excluding ortho intramolecular Hbond substituents is 2. The summed E-state index contributed by atoms with van der Waals surface area (Å²) in [5, 5.41) is 37.0. The van der Waals surface area contributed by atoms with E-state index in [1.807, 2.05) is 0 Å². The summed E-state index contributed by atoms with van der Waals surface area (Å²) < 4.78 is 4.91. The van der Waals surface area contributed by atoms with Gasteiger partial charge in [0.15, 0.2) is 11.5 Å². The van der Waals surface area contributed by atoms with E-state index in [2.05, 4.69) is 0 Å². The molecule has 0 fully saturated rings. The van der Waals surface area contributed by atoms with E-state index in [1.54, 1.807) is 0 Å². The number of hydrogen-bond acceptors (Lipinski definition) is 5. The summed E-state index contributed by atoms with van der Waals surface area (Å²) in [7, 11) is 0. The lowest BCUT2D eigenvalue weighted by molar-refractivity contribution is 0.289. The fourth-order valence-corrected chi connectivity index (χ4v) is 1.71. The Bertz CT molecular complexity index is 363. The van der Waals surface area contributed by atoms with Crippen molar-refractivity contribution in [2.75, 3.05) is 13.2 Å². The monoisotopic (exact) mass is 212 g/mol. The molecule has 82 valence electrons. The number of rotatable bonds is 4. The summed E-state index contributed by atoms with van der Waals surface area (Å²) in [5.74, 6) is 0.468. The molecule has 4 N–H and O–H groups in total. The van der Waals surface area contributed by atoms with Gasteiger partial charge in [-0.05, 0) is 12.8 Å². The van der Waals surface area contributed by atoms with Gasteiger partial charge in [-0.25, -0.2) is 0 Å². The zero-order valence-corrected chi connectivity index (χ0v) is 8.03. The van der Waals surface area contributed by atoms with Crippen LogP contribution in [0.4, 0.5) is 0 Å². The fraction of sp³-hybridized carbons (Fsp3) is 0.400. The molecular formula is C10H12O5. The number of fused-ring (bicyclic) bond motifs is 1. The van der Waals surface area contributed by atoms with Gasteiger partial charge in [-0.3, -0.25) is 0 Å². The smallest absolute Gasteiger partial charge is 0.216 e. The van der Waals surface area contributed by atoms with Crippen LogP contribution in [0.1, 0.15) is 11.1 Å². The minimum atomic E-state index is -0.135. The van der Waals surface area contributed by atoms with Crippen molar-refractivity contribution < 1.29 is 25.2 Å². The zero-order valence-electron chi connectivity index (χ0n) is 8.03. The van der Waals surface area contributed by atoms with E-state index < -0.39 is 0 Å². The summed E-state index contributed by atoms with van der Waals surface area (Å²) >= 11 is 0. The molecule has 0 spiro atoms. The van der Waals surface area contributed by atoms with Crippen LogP contribution in [0.5, 0.6) is 23.0 Å². The molecule has 1 aromatic carbocycles. The summed E-state index contributed by atoms with van der Waals surface area (Å²) in [6, 6.07) is 0. The minimum absolute atomic E-state index is 0.0414. The number of aromatic hydroxyl groups is 2. The van der Waals surface area contributed by atoms with Gasteiger partial charge >= 0.3 is 0 Å². The second-order valence-corrected chi connectivity index (χ2v) is 3.36. The van der Waals surface area contributed by atoms with Crippen LogP contribution < -0.4 is 4.74 Å². The van der Waals surface area contributed by atoms with Crippen molar-refractivity contribution in [3.05, 3.63) is 11.1 Å². The predicted octanol–water partition coefficient (Wildman–Crippen LogP) is 0.273. The number of phenols is 2. The number of aliphatic hydroxyl groups excluding tert-OH is 2. The highest BCUT2D eigenvalue weighted by atomic mass is 16.6. The molecule has 1 aliphatic heterocycles. The van der Waals surface area contributed by atoms with E-state index in [-0.39, 0.29) is 49.1 Å². The Balaban J connectivity index is 2.49. The average Bonchev–Trinajstić information content (AvgIpc) is 3.00. The van der Waals surface area contributed by atoms with Gasteiger partial charge in [-0.15, -0.1) is 0 Å². The van der Waals surface area contributed by atoms with Crippen molar-refractivity contribution in [1.29, 1.82) is 0 Å². The summed E-state index contributed by atoms with van der Waals surface area (Å²) in [5.41, 5.74) is 0.889. The Morgan fingerprint density at radius 3 is 1.53 bits per heavy atom. The maximum absolute atomic E-state index is 9.68. The van der Waals surface area contributed by atoms with Crippen LogP contribution in [0.2, 0.25) is 0 Å². The third kappa shape index (κ3) is 1.49. The number of hydrogen-bond donors (Lipinski definition) is 4. The molecule has 1 heterocycles. The molecule has 2 rings (SSSR count). The highest BCUT2D eigenvalue weighted by Crippen LogP contribution is 2.61. The minimum Gasteiger partial charge on any atom is -0.504 e. The van der Waals surface area contributed by atoms with E-state index in [4.69, 9.17) is 14.9 Å². The SMILES string of the molecule is OCCc1c(O)c2c(c(O)c1CCO)O2. The highest BCUT2D eigenvalue weighted by Gasteiger charge is 2.35. The Labute approximate surface area is 86.2 Å². The Hall–Kier alpha value is -1.46. The standard InChI is InChI=1S/C10H12O5/c11-3-1-5-6(2-4-12)8(14)10-9(15-10)7(5)13/h11-14H,1-4H2. The van der Waals surface area contributed by atoms with Crippen molar-refractivity contribution in [3.63, 3.8) is 0 Å². The van der Waals surface area contributed by atoms with Gasteiger partial charge in [-0.1, -0.05) is 0 Å². The second kappa shape index (κ2) is 3.60. The maximum atomic E-state index is 9.68. The van der Waals surface area contributed by atoms with Crippen LogP contribution in [0.25, 0.3) is 0 Å². The first kappa shape index (κ1) is 10.1. The molecule has 5 nitrogen and oxygen atoms in total. The van der Waals surface area contributed by atoms with Crippen LogP contribution in [0.15, 0.2) is 0 Å². The van der Waals surface area contributed by atoms with Gasteiger partial charge in [0.1, 0.15) is 0 Å². The number of benzene rings is 1. The molecule has 0 aromatic heterocycles. The van der Waals surface area contributed by atoms with Crippen molar-refractivity contribution in [2.24, 2.45) is 0 Å². The van der Waals surface area contributed by atoms with Crippen molar-refractivity contribution in [1.82, 2.24) is 0 Å². The average molecular weight is 212 g/mol. The molecule has 0 unspecified atom stereocenters. The lowest BCUT2D eigenvalue weighted by Gasteiger charge is -2.08. The van der Waals surface area contributed by atoms with Gasteiger partial charge in [0, 0.05) is 24.3 Å². The van der Waals surface area contributed by atoms with Crippen LogP contribution in [0.3, 0.4) is 0 Å². The van der Waals surface area contributed by atoms with Crippen molar-refractivity contribution >= 4 is 0 Å². The molecule has 0 saturated heterocycles. The molecule has 15 heavy (non-hydrogen) atoms. The molecule has 0 radical (unpaired) electrons. The Morgan fingerprint density at radius 1 is 0.800 bits per heavy atom. The molecular weight excluding hydrogens is 200 g/mol. The largest absolute Gasteiger partial charge is 0.504 e. The van der Waals surface area contributed by atoms with Crippen LogP contribution in [-0.4, -0.2) is 33.6 Å². The first-order chi connectivity index (χ1) is 7.20. The van der Waals surface area contributed by atoms with Gasteiger partial charge in [0.2, 0.25) is 11.5 Å².